The van der Waals surface area contributed by atoms with Gasteiger partial charge in [-0.05, 0) is 35.6 Å². The van der Waals surface area contributed by atoms with Gasteiger partial charge in [-0.25, -0.2) is 0 Å². The summed E-state index contributed by atoms with van der Waals surface area (Å²) in [6.07, 6.45) is 8.35. The number of nitrogens with one attached hydrogen (secondary N) is 2. The first-order valence-electron chi connectivity index (χ1n) is 14.6. The summed E-state index contributed by atoms with van der Waals surface area (Å²) in [6.45, 7) is 2.63. The summed E-state index contributed by atoms with van der Waals surface area (Å²) in [5.41, 5.74) is 4.00. The Morgan fingerprint density at radius 3 is 2.16 bits per heavy atom. The Balaban J connectivity index is 1.24. The molecule has 0 radical (unpaired) electrons. The molecule has 1 aliphatic heterocycles. The monoisotopic (exact) mass is 646 g/mol. The molecule has 3 amide bonds. The van der Waals surface area contributed by atoms with Gasteiger partial charge in [0.25, 0.3) is 0 Å². The molecule has 0 aliphatic carbocycles. The standard InChI is InChI=1S/C31H42N3O6PS2/c1-41(38,39)40-21-9-3-2-8-19-32-29(35)17-22-42-43-23-18-30(36)33-20-16-31(37)34-24-27-12-5-4-10-25(27)14-15-26-11-6-7-13-28(26)34/h4-7,10-15H,2-3,8-9,16-24H2,1H3,(H,32,35)(H,33,36)(H,38,39)/p-1/b15-14-. The lowest BCUT2D eigenvalue weighted by Crippen LogP contribution is -2.35. The van der Waals surface area contributed by atoms with Gasteiger partial charge in [0.2, 0.25) is 17.7 Å². The van der Waals surface area contributed by atoms with Crippen LogP contribution in [0, 0.1) is 0 Å². The first-order valence-corrected chi connectivity index (χ1v) is 19.1. The van der Waals surface area contributed by atoms with E-state index in [9.17, 15) is 23.8 Å². The average Bonchev–Trinajstić information content (AvgIpc) is 2.96. The van der Waals surface area contributed by atoms with Crippen LogP contribution in [0.25, 0.3) is 12.2 Å². The van der Waals surface area contributed by atoms with E-state index in [-0.39, 0.29) is 37.3 Å². The van der Waals surface area contributed by atoms with Crippen molar-refractivity contribution in [1.29, 1.82) is 0 Å². The van der Waals surface area contributed by atoms with Crippen molar-refractivity contribution in [3.05, 3.63) is 65.2 Å². The number of nitrogens with zero attached hydrogens (tertiary/aromatic N) is 1. The predicted molar refractivity (Wildman–Crippen MR) is 176 cm³/mol. The molecule has 2 aromatic rings. The molecule has 0 saturated carbocycles. The van der Waals surface area contributed by atoms with Crippen molar-refractivity contribution in [2.75, 3.05) is 42.8 Å². The molecule has 9 nitrogen and oxygen atoms in total. The third kappa shape index (κ3) is 13.7. The Morgan fingerprint density at radius 1 is 0.837 bits per heavy atom. The van der Waals surface area contributed by atoms with Crippen LogP contribution < -0.4 is 20.4 Å². The Labute approximate surface area is 262 Å². The Kier molecular flexibility index (Phi) is 15.4. The number of unbranched alkanes of at least 4 members (excludes halogenated alkanes) is 3. The van der Waals surface area contributed by atoms with Crippen molar-refractivity contribution in [2.24, 2.45) is 0 Å². The molecule has 2 N–H and O–H groups in total. The highest BCUT2D eigenvalue weighted by atomic mass is 33.1. The number of para-hydroxylation sites is 1. The highest BCUT2D eigenvalue weighted by Crippen LogP contribution is 2.31. The van der Waals surface area contributed by atoms with Crippen molar-refractivity contribution in [1.82, 2.24) is 10.6 Å². The third-order valence-electron chi connectivity index (χ3n) is 6.64. The molecular formula is C31H41N3O6PS2-. The SMILES string of the molecule is CP(=O)([O-])OCCCCCCNC(=O)CCSSCCC(=O)NCCC(=O)N1Cc2ccccc2/C=C\c2ccccc21. The van der Waals surface area contributed by atoms with Crippen LogP contribution >= 0.6 is 29.2 Å². The number of rotatable bonds is 18. The van der Waals surface area contributed by atoms with E-state index < -0.39 is 7.60 Å². The van der Waals surface area contributed by atoms with Crippen LogP contribution in [0.15, 0.2) is 48.5 Å². The molecule has 0 saturated heterocycles. The molecule has 0 fully saturated rings. The third-order valence-corrected chi connectivity index (χ3v) is 9.70. The molecule has 1 unspecified atom stereocenters. The molecule has 234 valence electrons. The average molecular weight is 647 g/mol. The van der Waals surface area contributed by atoms with E-state index in [1.54, 1.807) is 26.5 Å². The van der Waals surface area contributed by atoms with E-state index in [1.807, 2.05) is 54.6 Å². The lowest BCUT2D eigenvalue weighted by Gasteiger charge is -2.27. The van der Waals surface area contributed by atoms with Crippen LogP contribution in [0.5, 0.6) is 0 Å². The molecule has 1 heterocycles. The van der Waals surface area contributed by atoms with E-state index in [0.717, 1.165) is 48.3 Å². The minimum Gasteiger partial charge on any atom is -0.779 e. The number of carbonyl (C=O) groups excluding carboxylic acids is 3. The van der Waals surface area contributed by atoms with Crippen LogP contribution in [0.3, 0.4) is 0 Å². The van der Waals surface area contributed by atoms with Gasteiger partial charge in [0, 0.05) is 50.5 Å². The number of benzene rings is 2. The van der Waals surface area contributed by atoms with Crippen LogP contribution in [0.1, 0.15) is 61.6 Å². The maximum atomic E-state index is 13.3. The number of hydrogen-bond donors (Lipinski definition) is 2. The molecule has 1 atom stereocenters. The lowest BCUT2D eigenvalue weighted by atomic mass is 10.0. The van der Waals surface area contributed by atoms with Gasteiger partial charge in [0.05, 0.1) is 18.8 Å². The molecule has 3 rings (SSSR count). The van der Waals surface area contributed by atoms with Crippen LogP contribution in [0.2, 0.25) is 0 Å². The van der Waals surface area contributed by atoms with Crippen molar-refractivity contribution in [3.63, 3.8) is 0 Å². The topological polar surface area (TPSA) is 128 Å². The molecule has 0 aromatic heterocycles. The second kappa shape index (κ2) is 19.0. The summed E-state index contributed by atoms with van der Waals surface area (Å²) in [5, 5.41) is 5.76. The summed E-state index contributed by atoms with van der Waals surface area (Å²) < 4.78 is 15.6. The van der Waals surface area contributed by atoms with E-state index >= 15 is 0 Å². The molecule has 12 heteroatoms. The van der Waals surface area contributed by atoms with Gasteiger partial charge in [0.15, 0.2) is 0 Å². The van der Waals surface area contributed by atoms with Gasteiger partial charge in [0.1, 0.15) is 7.60 Å². The van der Waals surface area contributed by atoms with E-state index in [4.69, 9.17) is 4.52 Å². The van der Waals surface area contributed by atoms with Crippen LogP contribution in [-0.2, 0) is 30.0 Å². The molecular weight excluding hydrogens is 605 g/mol. The normalized spacial score (nSPS) is 14.4. The zero-order chi connectivity index (χ0) is 30.9. The van der Waals surface area contributed by atoms with Gasteiger partial charge in [-0.2, -0.15) is 0 Å². The smallest absolute Gasteiger partial charge is 0.229 e. The molecule has 2 aromatic carbocycles. The van der Waals surface area contributed by atoms with Crippen molar-refractivity contribution in [2.45, 2.75) is 51.5 Å². The van der Waals surface area contributed by atoms with Crippen molar-refractivity contribution < 1.29 is 28.4 Å². The van der Waals surface area contributed by atoms with E-state index in [1.165, 1.54) is 0 Å². The quantitative estimate of drug-likeness (QED) is 0.128. The summed E-state index contributed by atoms with van der Waals surface area (Å²) in [6, 6.07) is 15.9. The number of amides is 3. The Hall–Kier alpha value is -2.56. The number of carbonyl (C=O) groups is 3. The largest absolute Gasteiger partial charge is 0.779 e. The fourth-order valence-corrected chi connectivity index (χ4v) is 6.86. The fraction of sp³-hybridized carbons (Fsp3) is 0.452. The first-order chi connectivity index (χ1) is 20.7. The first kappa shape index (κ1) is 34.9. The summed E-state index contributed by atoms with van der Waals surface area (Å²) in [4.78, 5) is 50.3. The van der Waals surface area contributed by atoms with Gasteiger partial charge in [-0.15, -0.1) is 0 Å². The number of anilines is 1. The molecule has 0 bridgehead atoms. The summed E-state index contributed by atoms with van der Waals surface area (Å²) >= 11 is 0. The molecule has 0 spiro atoms. The zero-order valence-corrected chi connectivity index (χ0v) is 27.2. The highest BCUT2D eigenvalue weighted by molar-refractivity contribution is 8.76. The zero-order valence-electron chi connectivity index (χ0n) is 24.6. The lowest BCUT2D eigenvalue weighted by molar-refractivity contribution is -0.196. The minimum atomic E-state index is -3.64. The Morgan fingerprint density at radius 2 is 1.44 bits per heavy atom. The predicted octanol–water partition coefficient (Wildman–Crippen LogP) is 5.25. The number of hydrogen-bond acceptors (Lipinski definition) is 8. The highest BCUT2D eigenvalue weighted by Gasteiger charge is 2.20. The minimum absolute atomic E-state index is 0.000662. The maximum absolute atomic E-state index is 13.3. The van der Waals surface area contributed by atoms with Crippen molar-refractivity contribution in [3.8, 4) is 0 Å². The maximum Gasteiger partial charge on any atom is 0.229 e. The summed E-state index contributed by atoms with van der Waals surface area (Å²) in [5.74, 6) is 1.15. The second-order valence-corrected chi connectivity index (χ2v) is 14.7. The molecule has 43 heavy (non-hydrogen) atoms. The summed E-state index contributed by atoms with van der Waals surface area (Å²) in [7, 11) is -0.517. The molecule has 1 aliphatic rings. The van der Waals surface area contributed by atoms with Gasteiger partial charge >= 0.3 is 0 Å². The fourth-order valence-electron chi connectivity index (χ4n) is 4.42. The van der Waals surface area contributed by atoms with Crippen LogP contribution in [-0.4, -0.2) is 55.6 Å². The van der Waals surface area contributed by atoms with Crippen LogP contribution in [0.4, 0.5) is 5.69 Å². The van der Waals surface area contributed by atoms with Gasteiger partial charge in [-0.1, -0.05) is 89.0 Å². The van der Waals surface area contributed by atoms with Crippen molar-refractivity contribution >= 4 is 64.7 Å². The van der Waals surface area contributed by atoms with E-state index in [2.05, 4.69) is 16.7 Å². The second-order valence-electron chi connectivity index (χ2n) is 10.2. The van der Waals surface area contributed by atoms with Gasteiger partial charge < -0.3 is 29.5 Å². The van der Waals surface area contributed by atoms with Gasteiger partial charge in [-0.3, -0.25) is 14.4 Å². The Bertz CT molecular complexity index is 1290. The number of fused-ring (bicyclic) bond motifs is 2. The van der Waals surface area contributed by atoms with E-state index in [0.29, 0.717) is 43.9 Å².